The first kappa shape index (κ1) is 11.2. The van der Waals surface area contributed by atoms with E-state index < -0.39 is 0 Å². The summed E-state index contributed by atoms with van der Waals surface area (Å²) in [5.74, 6) is 1.97. The molecule has 0 aromatic carbocycles. The topological polar surface area (TPSA) is 77.2 Å². The van der Waals surface area contributed by atoms with Crippen molar-refractivity contribution in [1.82, 2.24) is 5.32 Å². The fourth-order valence-electron chi connectivity index (χ4n) is 1.20. The zero-order valence-electron chi connectivity index (χ0n) is 8.62. The van der Waals surface area contributed by atoms with Gasteiger partial charge in [0.05, 0.1) is 0 Å². The summed E-state index contributed by atoms with van der Waals surface area (Å²) in [5.41, 5.74) is 11.0. The third-order valence-electron chi connectivity index (χ3n) is 2.05. The summed E-state index contributed by atoms with van der Waals surface area (Å²) in [6, 6.07) is 4.02. The summed E-state index contributed by atoms with van der Waals surface area (Å²) < 4.78 is 5.42. The molecular formula is C10H19N3O. The molecule has 0 saturated carbocycles. The number of furan rings is 1. The number of rotatable bonds is 6. The first-order valence-corrected chi connectivity index (χ1v) is 4.94. The van der Waals surface area contributed by atoms with Crippen LogP contribution in [0.15, 0.2) is 16.5 Å². The molecule has 4 nitrogen and oxygen atoms in total. The molecule has 4 heteroatoms. The highest BCUT2D eigenvalue weighted by atomic mass is 16.3. The van der Waals surface area contributed by atoms with Crippen LogP contribution in [-0.2, 0) is 6.42 Å². The van der Waals surface area contributed by atoms with Gasteiger partial charge in [0.25, 0.3) is 0 Å². The highest BCUT2D eigenvalue weighted by Gasteiger charge is 2.00. The zero-order valence-corrected chi connectivity index (χ0v) is 8.62. The number of hydrogen-bond donors (Lipinski definition) is 3. The summed E-state index contributed by atoms with van der Waals surface area (Å²) in [5, 5.41) is 3.23. The third kappa shape index (κ3) is 3.91. The van der Waals surface area contributed by atoms with E-state index in [1.807, 2.05) is 19.1 Å². The van der Waals surface area contributed by atoms with Crippen molar-refractivity contribution in [2.75, 3.05) is 19.6 Å². The zero-order chi connectivity index (χ0) is 10.4. The van der Waals surface area contributed by atoms with Crippen molar-refractivity contribution < 1.29 is 4.42 Å². The summed E-state index contributed by atoms with van der Waals surface area (Å²) in [4.78, 5) is 0. The lowest BCUT2D eigenvalue weighted by atomic mass is 10.3. The van der Waals surface area contributed by atoms with Crippen molar-refractivity contribution in [2.45, 2.75) is 19.4 Å². The molecule has 1 aromatic heterocycles. The van der Waals surface area contributed by atoms with Crippen LogP contribution in [0.3, 0.4) is 0 Å². The molecule has 14 heavy (non-hydrogen) atoms. The lowest BCUT2D eigenvalue weighted by Crippen LogP contribution is -2.40. The summed E-state index contributed by atoms with van der Waals surface area (Å²) >= 11 is 0. The fourth-order valence-corrected chi connectivity index (χ4v) is 1.20. The quantitative estimate of drug-likeness (QED) is 0.561. The van der Waals surface area contributed by atoms with Crippen molar-refractivity contribution in [3.8, 4) is 0 Å². The van der Waals surface area contributed by atoms with Gasteiger partial charge in [-0.15, -0.1) is 0 Å². The Labute approximate surface area is 84.6 Å². The minimum atomic E-state index is 0.0494. The van der Waals surface area contributed by atoms with Gasteiger partial charge in [0, 0.05) is 32.1 Å². The van der Waals surface area contributed by atoms with E-state index in [4.69, 9.17) is 15.9 Å². The van der Waals surface area contributed by atoms with Gasteiger partial charge in [-0.3, -0.25) is 0 Å². The van der Waals surface area contributed by atoms with Crippen LogP contribution in [0, 0.1) is 6.92 Å². The molecule has 80 valence electrons. The van der Waals surface area contributed by atoms with Crippen LogP contribution in [0.1, 0.15) is 11.5 Å². The van der Waals surface area contributed by atoms with Gasteiger partial charge in [-0.05, 0) is 19.1 Å². The van der Waals surface area contributed by atoms with E-state index in [0.29, 0.717) is 6.54 Å². The van der Waals surface area contributed by atoms with Crippen LogP contribution in [0.4, 0.5) is 0 Å². The molecule has 1 aromatic rings. The molecule has 1 heterocycles. The molecule has 0 fully saturated rings. The second-order valence-electron chi connectivity index (χ2n) is 3.46. The molecular weight excluding hydrogens is 178 g/mol. The lowest BCUT2D eigenvalue weighted by molar-refractivity contribution is 0.471. The highest BCUT2D eigenvalue weighted by molar-refractivity contribution is 5.05. The highest BCUT2D eigenvalue weighted by Crippen LogP contribution is 2.05. The summed E-state index contributed by atoms with van der Waals surface area (Å²) in [6.45, 7) is 4.10. The van der Waals surface area contributed by atoms with Crippen LogP contribution in [-0.4, -0.2) is 25.7 Å². The summed E-state index contributed by atoms with van der Waals surface area (Å²) in [6.07, 6.45) is 0.894. The smallest absolute Gasteiger partial charge is 0.105 e. The maximum atomic E-state index is 5.65. The first-order valence-electron chi connectivity index (χ1n) is 4.94. The molecule has 1 unspecified atom stereocenters. The predicted octanol–water partition coefficient (Wildman–Crippen LogP) is 0.00612. The molecule has 0 amide bonds. The maximum Gasteiger partial charge on any atom is 0.105 e. The Kier molecular flexibility index (Phi) is 4.65. The second kappa shape index (κ2) is 5.80. The van der Waals surface area contributed by atoms with E-state index in [0.717, 1.165) is 31.0 Å². The Morgan fingerprint density at radius 1 is 1.50 bits per heavy atom. The van der Waals surface area contributed by atoms with E-state index >= 15 is 0 Å². The molecule has 5 N–H and O–H groups in total. The Morgan fingerprint density at radius 3 is 2.86 bits per heavy atom. The maximum absolute atomic E-state index is 5.65. The van der Waals surface area contributed by atoms with E-state index in [1.54, 1.807) is 0 Å². The average Bonchev–Trinajstić information content (AvgIpc) is 2.58. The van der Waals surface area contributed by atoms with Gasteiger partial charge in [-0.2, -0.15) is 0 Å². The summed E-state index contributed by atoms with van der Waals surface area (Å²) in [7, 11) is 0. The normalized spacial score (nSPS) is 13.1. The third-order valence-corrected chi connectivity index (χ3v) is 2.05. The standard InChI is InChI=1S/C10H19N3O/c1-8-2-3-10(14-8)4-5-13-7-9(12)6-11/h2-3,9,13H,4-7,11-12H2,1H3. The van der Waals surface area contributed by atoms with Gasteiger partial charge in [0.2, 0.25) is 0 Å². The van der Waals surface area contributed by atoms with E-state index in [2.05, 4.69) is 5.32 Å². The average molecular weight is 197 g/mol. The van der Waals surface area contributed by atoms with Gasteiger partial charge < -0.3 is 21.2 Å². The Hall–Kier alpha value is -0.840. The minimum Gasteiger partial charge on any atom is -0.466 e. The minimum absolute atomic E-state index is 0.0494. The Balaban J connectivity index is 2.10. The molecule has 0 saturated heterocycles. The molecule has 1 rings (SSSR count). The SMILES string of the molecule is Cc1ccc(CCNCC(N)CN)o1. The van der Waals surface area contributed by atoms with Crippen LogP contribution in [0.5, 0.6) is 0 Å². The largest absolute Gasteiger partial charge is 0.466 e. The first-order chi connectivity index (χ1) is 6.72. The fraction of sp³-hybridized carbons (Fsp3) is 0.600. The van der Waals surface area contributed by atoms with Gasteiger partial charge in [0.15, 0.2) is 0 Å². The van der Waals surface area contributed by atoms with Crippen LogP contribution in [0.2, 0.25) is 0 Å². The Morgan fingerprint density at radius 2 is 2.29 bits per heavy atom. The van der Waals surface area contributed by atoms with Crippen molar-refractivity contribution in [3.05, 3.63) is 23.7 Å². The second-order valence-corrected chi connectivity index (χ2v) is 3.46. The van der Waals surface area contributed by atoms with E-state index in [9.17, 15) is 0 Å². The molecule has 0 bridgehead atoms. The number of hydrogen-bond acceptors (Lipinski definition) is 4. The molecule has 0 spiro atoms. The number of nitrogens with one attached hydrogen (secondary N) is 1. The number of nitrogens with two attached hydrogens (primary N) is 2. The van der Waals surface area contributed by atoms with E-state index in [-0.39, 0.29) is 6.04 Å². The monoisotopic (exact) mass is 197 g/mol. The molecule has 0 aliphatic rings. The van der Waals surface area contributed by atoms with Crippen LogP contribution >= 0.6 is 0 Å². The number of aryl methyl sites for hydroxylation is 1. The molecule has 0 aliphatic carbocycles. The molecule has 0 aliphatic heterocycles. The van der Waals surface area contributed by atoms with Gasteiger partial charge in [-0.1, -0.05) is 0 Å². The molecule has 0 radical (unpaired) electrons. The Bertz CT molecular complexity index is 260. The van der Waals surface area contributed by atoms with Crippen LogP contribution < -0.4 is 16.8 Å². The van der Waals surface area contributed by atoms with Crippen LogP contribution in [0.25, 0.3) is 0 Å². The van der Waals surface area contributed by atoms with Crippen molar-refractivity contribution in [3.63, 3.8) is 0 Å². The van der Waals surface area contributed by atoms with Crippen molar-refractivity contribution >= 4 is 0 Å². The lowest BCUT2D eigenvalue weighted by Gasteiger charge is -2.08. The molecule has 1 atom stereocenters. The van der Waals surface area contributed by atoms with Gasteiger partial charge in [-0.25, -0.2) is 0 Å². The van der Waals surface area contributed by atoms with Crippen molar-refractivity contribution in [1.29, 1.82) is 0 Å². The van der Waals surface area contributed by atoms with E-state index in [1.165, 1.54) is 0 Å². The van der Waals surface area contributed by atoms with Gasteiger partial charge >= 0.3 is 0 Å². The predicted molar refractivity (Wildman–Crippen MR) is 57.0 cm³/mol. The van der Waals surface area contributed by atoms with Crippen molar-refractivity contribution in [2.24, 2.45) is 11.5 Å². The van der Waals surface area contributed by atoms with Gasteiger partial charge in [0.1, 0.15) is 11.5 Å².